The van der Waals surface area contributed by atoms with Crippen molar-refractivity contribution in [1.82, 2.24) is 4.90 Å². The molecule has 0 saturated carbocycles. The summed E-state index contributed by atoms with van der Waals surface area (Å²) in [7, 11) is 0. The number of rotatable bonds is 6. The second-order valence-electron chi connectivity index (χ2n) is 6.03. The molecule has 0 amide bonds. The number of aliphatic carboxylic acids is 1. The summed E-state index contributed by atoms with van der Waals surface area (Å²) < 4.78 is 11.6. The SMILES string of the molecule is O=C(O)CCN1CCOC(c2ccc(Oc3c(Cl)cccc3Cl)cc2)C1. The van der Waals surface area contributed by atoms with Gasteiger partial charge in [0.15, 0.2) is 5.75 Å². The van der Waals surface area contributed by atoms with Crippen molar-refractivity contribution in [3.05, 3.63) is 58.1 Å². The summed E-state index contributed by atoms with van der Waals surface area (Å²) in [5.41, 5.74) is 1.02. The molecule has 1 saturated heterocycles. The largest absolute Gasteiger partial charge is 0.481 e. The highest BCUT2D eigenvalue weighted by Crippen LogP contribution is 2.36. The fourth-order valence-corrected chi connectivity index (χ4v) is 3.28. The molecule has 1 aliphatic rings. The zero-order chi connectivity index (χ0) is 18.5. The molecule has 1 aliphatic heterocycles. The number of para-hydroxylation sites is 1. The topological polar surface area (TPSA) is 59.0 Å². The lowest BCUT2D eigenvalue weighted by molar-refractivity contribution is -0.137. The Morgan fingerprint density at radius 1 is 1.19 bits per heavy atom. The van der Waals surface area contributed by atoms with Crippen LogP contribution in [-0.2, 0) is 9.53 Å². The average molecular weight is 396 g/mol. The van der Waals surface area contributed by atoms with Crippen LogP contribution in [0.5, 0.6) is 11.5 Å². The molecule has 2 aromatic rings. The molecule has 1 heterocycles. The van der Waals surface area contributed by atoms with E-state index in [9.17, 15) is 4.79 Å². The number of carboxylic acid groups (broad SMARTS) is 1. The maximum Gasteiger partial charge on any atom is 0.304 e. The van der Waals surface area contributed by atoms with Crippen LogP contribution in [0.15, 0.2) is 42.5 Å². The predicted octanol–water partition coefficient (Wildman–Crippen LogP) is 4.63. The van der Waals surface area contributed by atoms with Crippen molar-refractivity contribution in [3.8, 4) is 11.5 Å². The summed E-state index contributed by atoms with van der Waals surface area (Å²) in [6.45, 7) is 2.53. The third kappa shape index (κ3) is 4.89. The van der Waals surface area contributed by atoms with E-state index in [1.165, 1.54) is 0 Å². The molecule has 0 bridgehead atoms. The van der Waals surface area contributed by atoms with Gasteiger partial charge in [-0.25, -0.2) is 0 Å². The van der Waals surface area contributed by atoms with E-state index >= 15 is 0 Å². The lowest BCUT2D eigenvalue weighted by atomic mass is 10.1. The predicted molar refractivity (Wildman–Crippen MR) is 100 cm³/mol. The van der Waals surface area contributed by atoms with Crippen molar-refractivity contribution in [2.45, 2.75) is 12.5 Å². The van der Waals surface area contributed by atoms with Crippen LogP contribution in [-0.4, -0.2) is 42.2 Å². The maximum absolute atomic E-state index is 10.7. The summed E-state index contributed by atoms with van der Waals surface area (Å²) in [5.74, 6) is 0.271. The van der Waals surface area contributed by atoms with E-state index in [1.54, 1.807) is 18.2 Å². The van der Waals surface area contributed by atoms with Crippen molar-refractivity contribution < 1.29 is 19.4 Å². The number of carbonyl (C=O) groups is 1. The highest BCUT2D eigenvalue weighted by molar-refractivity contribution is 6.37. The van der Waals surface area contributed by atoms with Crippen LogP contribution in [0.1, 0.15) is 18.1 Å². The number of carboxylic acids is 1. The molecule has 0 aromatic heterocycles. The van der Waals surface area contributed by atoms with Crippen molar-refractivity contribution in [3.63, 3.8) is 0 Å². The minimum atomic E-state index is -0.784. The van der Waals surface area contributed by atoms with Crippen molar-refractivity contribution in [2.24, 2.45) is 0 Å². The second kappa shape index (κ2) is 8.73. The number of benzene rings is 2. The van der Waals surface area contributed by atoms with E-state index < -0.39 is 5.97 Å². The zero-order valence-corrected chi connectivity index (χ0v) is 15.5. The molecule has 138 valence electrons. The van der Waals surface area contributed by atoms with Gasteiger partial charge in [0, 0.05) is 19.6 Å². The van der Waals surface area contributed by atoms with Gasteiger partial charge >= 0.3 is 5.97 Å². The molecule has 0 radical (unpaired) electrons. The third-order valence-electron chi connectivity index (χ3n) is 4.18. The lowest BCUT2D eigenvalue weighted by Gasteiger charge is -2.32. The number of hydrogen-bond acceptors (Lipinski definition) is 4. The van der Waals surface area contributed by atoms with E-state index in [0.29, 0.717) is 41.2 Å². The monoisotopic (exact) mass is 395 g/mol. The molecule has 1 atom stereocenters. The van der Waals surface area contributed by atoms with Crippen molar-refractivity contribution in [1.29, 1.82) is 0 Å². The summed E-state index contributed by atoms with van der Waals surface area (Å²) >= 11 is 12.2. The van der Waals surface area contributed by atoms with E-state index in [1.807, 2.05) is 24.3 Å². The van der Waals surface area contributed by atoms with Gasteiger partial charge in [-0.15, -0.1) is 0 Å². The molecule has 0 aliphatic carbocycles. The molecular formula is C19H19Cl2NO4. The zero-order valence-electron chi connectivity index (χ0n) is 14.0. The van der Waals surface area contributed by atoms with Crippen LogP contribution in [0, 0.1) is 0 Å². The molecule has 1 unspecified atom stereocenters. The molecule has 3 rings (SSSR count). The van der Waals surface area contributed by atoms with Crippen LogP contribution in [0.2, 0.25) is 10.0 Å². The molecule has 5 nitrogen and oxygen atoms in total. The number of morpholine rings is 1. The van der Waals surface area contributed by atoms with Gasteiger partial charge in [-0.3, -0.25) is 9.69 Å². The molecule has 0 spiro atoms. The van der Waals surface area contributed by atoms with Gasteiger partial charge in [-0.05, 0) is 29.8 Å². The maximum atomic E-state index is 10.7. The first kappa shape index (κ1) is 19.0. The van der Waals surface area contributed by atoms with Gasteiger partial charge in [-0.2, -0.15) is 0 Å². The quantitative estimate of drug-likeness (QED) is 0.771. The Morgan fingerprint density at radius 3 is 2.54 bits per heavy atom. The van der Waals surface area contributed by atoms with Crippen LogP contribution in [0.4, 0.5) is 0 Å². The van der Waals surface area contributed by atoms with Crippen LogP contribution in [0.3, 0.4) is 0 Å². The summed E-state index contributed by atoms with van der Waals surface area (Å²) in [5, 5.41) is 9.73. The van der Waals surface area contributed by atoms with Gasteiger partial charge < -0.3 is 14.6 Å². The fraction of sp³-hybridized carbons (Fsp3) is 0.316. The molecule has 1 N–H and O–H groups in total. The van der Waals surface area contributed by atoms with E-state index in [0.717, 1.165) is 12.1 Å². The van der Waals surface area contributed by atoms with Gasteiger partial charge in [-0.1, -0.05) is 41.4 Å². The average Bonchev–Trinajstić information content (AvgIpc) is 2.64. The second-order valence-corrected chi connectivity index (χ2v) is 6.84. The standard InChI is InChI=1S/C19H19Cl2NO4/c20-15-2-1-3-16(21)19(15)26-14-6-4-13(5-7-14)17-12-22(10-11-25-17)9-8-18(23)24/h1-7,17H,8-12H2,(H,23,24). The molecule has 1 fully saturated rings. The van der Waals surface area contributed by atoms with E-state index in [2.05, 4.69) is 4.90 Å². The number of halogens is 2. The van der Waals surface area contributed by atoms with Crippen molar-refractivity contribution >= 4 is 29.2 Å². The first-order valence-corrected chi connectivity index (χ1v) is 9.06. The minimum absolute atomic E-state index is 0.0875. The molecule has 2 aromatic carbocycles. The van der Waals surface area contributed by atoms with E-state index in [4.69, 9.17) is 37.8 Å². The smallest absolute Gasteiger partial charge is 0.304 e. The Kier molecular flexibility index (Phi) is 6.38. The highest BCUT2D eigenvalue weighted by atomic mass is 35.5. The Bertz CT molecular complexity index is 746. The third-order valence-corrected chi connectivity index (χ3v) is 4.78. The highest BCUT2D eigenvalue weighted by Gasteiger charge is 2.22. The van der Waals surface area contributed by atoms with E-state index in [-0.39, 0.29) is 12.5 Å². The Hall–Kier alpha value is -1.79. The molecule has 26 heavy (non-hydrogen) atoms. The Balaban J connectivity index is 1.64. The van der Waals surface area contributed by atoms with Crippen LogP contribution >= 0.6 is 23.2 Å². The summed E-state index contributed by atoms with van der Waals surface area (Å²) in [6, 6.07) is 12.8. The van der Waals surface area contributed by atoms with Crippen LogP contribution < -0.4 is 4.74 Å². The molecule has 7 heteroatoms. The minimum Gasteiger partial charge on any atom is -0.481 e. The Morgan fingerprint density at radius 2 is 1.88 bits per heavy atom. The van der Waals surface area contributed by atoms with Gasteiger partial charge in [0.25, 0.3) is 0 Å². The summed E-state index contributed by atoms with van der Waals surface area (Å²) in [6.07, 6.45) is 0.0495. The summed E-state index contributed by atoms with van der Waals surface area (Å²) in [4.78, 5) is 12.8. The normalized spacial score (nSPS) is 17.8. The van der Waals surface area contributed by atoms with Crippen LogP contribution in [0.25, 0.3) is 0 Å². The first-order valence-electron chi connectivity index (χ1n) is 8.30. The number of hydrogen-bond donors (Lipinski definition) is 1. The van der Waals surface area contributed by atoms with Crippen molar-refractivity contribution in [2.75, 3.05) is 26.2 Å². The van der Waals surface area contributed by atoms with Gasteiger partial charge in [0.2, 0.25) is 0 Å². The molecular weight excluding hydrogens is 377 g/mol. The van der Waals surface area contributed by atoms with Gasteiger partial charge in [0.05, 0.1) is 29.2 Å². The van der Waals surface area contributed by atoms with Gasteiger partial charge in [0.1, 0.15) is 5.75 Å². The Labute approximate surface area is 162 Å². The fourth-order valence-electron chi connectivity index (χ4n) is 2.81. The number of ether oxygens (including phenoxy) is 2. The lowest BCUT2D eigenvalue weighted by Crippen LogP contribution is -2.39. The first-order chi connectivity index (χ1) is 12.5. The number of nitrogens with zero attached hydrogens (tertiary/aromatic N) is 1.